The standard InChI is InChI=1S/C13H29N.3C3H6O2/c1-10(2,3)13(14,11(4,5)6)12(7,8)9;3*1-2-3(4)5/h14H2,1-9H3;3*2H2,1H3,(H,4,5). The van der Waals surface area contributed by atoms with Crippen LogP contribution in [0.4, 0.5) is 0 Å². The molecule has 0 aliphatic heterocycles. The molecule has 0 atom stereocenters. The Morgan fingerprint density at radius 3 is 0.655 bits per heavy atom. The smallest absolute Gasteiger partial charge is 0.303 e. The third-order valence-electron chi connectivity index (χ3n) is 4.46. The lowest BCUT2D eigenvalue weighted by Crippen LogP contribution is -2.67. The predicted octanol–water partition coefficient (Wildman–Crippen LogP) is 5.27. The van der Waals surface area contributed by atoms with E-state index in [2.05, 4.69) is 62.3 Å². The Labute approximate surface area is 178 Å². The van der Waals surface area contributed by atoms with E-state index in [0.717, 1.165) is 0 Å². The van der Waals surface area contributed by atoms with E-state index in [1.165, 1.54) is 0 Å². The summed E-state index contributed by atoms with van der Waals surface area (Å²) in [6.07, 6.45) is 0.667. The zero-order valence-electron chi connectivity index (χ0n) is 20.8. The Bertz CT molecular complexity index is 410. The first kappa shape index (κ1) is 34.8. The van der Waals surface area contributed by atoms with Crippen molar-refractivity contribution >= 4 is 17.9 Å². The molecule has 0 spiro atoms. The van der Waals surface area contributed by atoms with Crippen LogP contribution in [-0.4, -0.2) is 38.8 Å². The summed E-state index contributed by atoms with van der Waals surface area (Å²) in [7, 11) is 0. The monoisotopic (exact) mass is 421 g/mol. The quantitative estimate of drug-likeness (QED) is 0.487. The number of aliphatic carboxylic acids is 3. The molecule has 0 bridgehead atoms. The minimum Gasteiger partial charge on any atom is -0.481 e. The van der Waals surface area contributed by atoms with Crippen molar-refractivity contribution in [1.29, 1.82) is 0 Å². The summed E-state index contributed by atoms with van der Waals surface area (Å²) in [4.78, 5) is 28.1. The van der Waals surface area contributed by atoms with Crippen LogP contribution in [-0.2, 0) is 14.4 Å². The Balaban J connectivity index is -0.000000171. The van der Waals surface area contributed by atoms with Crippen molar-refractivity contribution in [2.75, 3.05) is 0 Å². The second-order valence-electron chi connectivity index (χ2n) is 9.80. The number of carboxylic acid groups (broad SMARTS) is 3. The molecule has 29 heavy (non-hydrogen) atoms. The summed E-state index contributed by atoms with van der Waals surface area (Å²) in [5.41, 5.74) is 6.84. The second-order valence-corrected chi connectivity index (χ2v) is 9.80. The van der Waals surface area contributed by atoms with Crippen LogP contribution in [0.25, 0.3) is 0 Å². The van der Waals surface area contributed by atoms with Gasteiger partial charge in [0.1, 0.15) is 0 Å². The molecular formula is C22H47NO6. The van der Waals surface area contributed by atoms with Crippen molar-refractivity contribution in [1.82, 2.24) is 0 Å². The first-order valence-electron chi connectivity index (χ1n) is 10.0. The fourth-order valence-electron chi connectivity index (χ4n) is 3.38. The Hall–Kier alpha value is -1.63. The van der Waals surface area contributed by atoms with E-state index >= 15 is 0 Å². The minimum absolute atomic E-state index is 0.101. The maximum atomic E-state index is 9.37. The topological polar surface area (TPSA) is 138 Å². The van der Waals surface area contributed by atoms with E-state index in [1.54, 1.807) is 20.8 Å². The highest BCUT2D eigenvalue weighted by Gasteiger charge is 2.54. The first-order chi connectivity index (χ1) is 12.6. The van der Waals surface area contributed by atoms with Gasteiger partial charge >= 0.3 is 17.9 Å². The van der Waals surface area contributed by atoms with E-state index in [4.69, 9.17) is 21.1 Å². The van der Waals surface area contributed by atoms with Crippen LogP contribution < -0.4 is 5.73 Å². The fraction of sp³-hybridized carbons (Fsp3) is 0.864. The molecule has 0 aromatic heterocycles. The lowest BCUT2D eigenvalue weighted by Gasteiger charge is -2.58. The van der Waals surface area contributed by atoms with Crippen LogP contribution in [0.5, 0.6) is 0 Å². The van der Waals surface area contributed by atoms with Crippen molar-refractivity contribution < 1.29 is 29.7 Å². The van der Waals surface area contributed by atoms with Crippen LogP contribution in [0, 0.1) is 16.2 Å². The van der Waals surface area contributed by atoms with Crippen molar-refractivity contribution in [3.63, 3.8) is 0 Å². The molecule has 0 radical (unpaired) electrons. The number of hydrogen-bond donors (Lipinski definition) is 4. The molecule has 0 unspecified atom stereocenters. The highest BCUT2D eigenvalue weighted by atomic mass is 16.4. The molecule has 7 heteroatoms. The van der Waals surface area contributed by atoms with Gasteiger partial charge in [-0.05, 0) is 16.2 Å². The van der Waals surface area contributed by atoms with Gasteiger partial charge in [0.15, 0.2) is 0 Å². The third-order valence-corrected chi connectivity index (χ3v) is 4.46. The van der Waals surface area contributed by atoms with Crippen molar-refractivity contribution in [3.8, 4) is 0 Å². The maximum Gasteiger partial charge on any atom is 0.303 e. The first-order valence-corrected chi connectivity index (χ1v) is 10.0. The van der Waals surface area contributed by atoms with Gasteiger partial charge in [-0.2, -0.15) is 0 Å². The number of carboxylic acids is 3. The second kappa shape index (κ2) is 14.4. The average molecular weight is 422 g/mol. The van der Waals surface area contributed by atoms with Crippen LogP contribution in [0.15, 0.2) is 0 Å². The lowest BCUT2D eigenvalue weighted by molar-refractivity contribution is -0.137. The summed E-state index contributed by atoms with van der Waals surface area (Å²) >= 11 is 0. The number of hydrogen-bond acceptors (Lipinski definition) is 4. The molecule has 0 amide bonds. The van der Waals surface area contributed by atoms with E-state index in [-0.39, 0.29) is 41.0 Å². The van der Waals surface area contributed by atoms with Gasteiger partial charge in [-0.25, -0.2) is 0 Å². The summed E-state index contributed by atoms with van der Waals surface area (Å²) in [6.45, 7) is 25.0. The van der Waals surface area contributed by atoms with Crippen LogP contribution in [0.2, 0.25) is 0 Å². The van der Waals surface area contributed by atoms with Crippen LogP contribution >= 0.6 is 0 Å². The third kappa shape index (κ3) is 15.9. The molecule has 0 aliphatic rings. The Morgan fingerprint density at radius 1 is 0.552 bits per heavy atom. The van der Waals surface area contributed by atoms with Gasteiger partial charge in [0, 0.05) is 24.8 Å². The van der Waals surface area contributed by atoms with Gasteiger partial charge in [0.05, 0.1) is 0 Å². The zero-order valence-corrected chi connectivity index (χ0v) is 20.8. The molecule has 0 aromatic carbocycles. The summed E-state index contributed by atoms with van der Waals surface area (Å²) in [5.74, 6) is -2.24. The van der Waals surface area contributed by atoms with Crippen LogP contribution in [0.3, 0.4) is 0 Å². The normalized spacial score (nSPS) is 11.5. The highest BCUT2D eigenvalue weighted by Crippen LogP contribution is 2.51. The predicted molar refractivity (Wildman–Crippen MR) is 119 cm³/mol. The number of rotatable bonds is 3. The molecule has 0 rings (SSSR count). The molecule has 0 heterocycles. The molecule has 0 aromatic rings. The van der Waals surface area contributed by atoms with Crippen molar-refractivity contribution in [2.45, 2.75) is 108 Å². The molecule has 0 fully saturated rings. The average Bonchev–Trinajstić information content (AvgIpc) is 2.52. The maximum absolute atomic E-state index is 9.37. The van der Waals surface area contributed by atoms with Crippen molar-refractivity contribution in [3.05, 3.63) is 0 Å². The number of carbonyl (C=O) groups is 3. The largest absolute Gasteiger partial charge is 0.481 e. The Kier molecular flexibility index (Phi) is 17.3. The highest BCUT2D eigenvalue weighted by molar-refractivity contribution is 5.66. The SMILES string of the molecule is CC(C)(C)C(N)(C(C)(C)C)C(C)(C)C.CCC(=O)O.CCC(=O)O.CCC(=O)O. The molecule has 0 aliphatic carbocycles. The molecule has 7 nitrogen and oxygen atoms in total. The summed E-state index contributed by atoms with van der Waals surface area (Å²) in [6, 6.07) is 0. The lowest BCUT2D eigenvalue weighted by atomic mass is 9.50. The Morgan fingerprint density at radius 2 is 0.655 bits per heavy atom. The van der Waals surface area contributed by atoms with Gasteiger partial charge in [-0.15, -0.1) is 0 Å². The van der Waals surface area contributed by atoms with E-state index < -0.39 is 17.9 Å². The molecule has 0 saturated heterocycles. The summed E-state index contributed by atoms with van der Waals surface area (Å²) in [5, 5.41) is 23.2. The van der Waals surface area contributed by atoms with E-state index in [9.17, 15) is 14.4 Å². The van der Waals surface area contributed by atoms with Gasteiger partial charge in [-0.3, -0.25) is 14.4 Å². The van der Waals surface area contributed by atoms with Gasteiger partial charge < -0.3 is 21.1 Å². The minimum atomic E-state index is -0.745. The van der Waals surface area contributed by atoms with Gasteiger partial charge in [0.2, 0.25) is 0 Å². The van der Waals surface area contributed by atoms with Crippen LogP contribution in [0.1, 0.15) is 102 Å². The van der Waals surface area contributed by atoms with Gasteiger partial charge in [-0.1, -0.05) is 83.1 Å². The van der Waals surface area contributed by atoms with Gasteiger partial charge in [0.25, 0.3) is 0 Å². The van der Waals surface area contributed by atoms with E-state index in [0.29, 0.717) is 0 Å². The van der Waals surface area contributed by atoms with E-state index in [1.807, 2.05) is 0 Å². The van der Waals surface area contributed by atoms with Crippen molar-refractivity contribution in [2.24, 2.45) is 22.0 Å². The molecular weight excluding hydrogens is 374 g/mol. The molecule has 0 saturated carbocycles. The fourth-order valence-corrected chi connectivity index (χ4v) is 3.38. The zero-order chi connectivity index (χ0) is 24.9. The summed E-state index contributed by atoms with van der Waals surface area (Å²) < 4.78 is 0. The number of nitrogens with two attached hydrogens (primary N) is 1. The molecule has 176 valence electrons. The molecule has 5 N–H and O–H groups in total.